The Morgan fingerprint density at radius 3 is 3.10 bits per heavy atom. The van der Waals surface area contributed by atoms with Crippen LogP contribution in [0.5, 0.6) is 5.88 Å². The lowest BCUT2D eigenvalue weighted by atomic mass is 10.2. The van der Waals surface area contributed by atoms with Gasteiger partial charge in [0.05, 0.1) is 23.6 Å². The number of rotatable bonds is 2. The molecule has 1 aliphatic heterocycles. The van der Waals surface area contributed by atoms with Crippen molar-refractivity contribution in [3.8, 4) is 5.88 Å². The van der Waals surface area contributed by atoms with Crippen LogP contribution in [0, 0.1) is 0 Å². The quantitative estimate of drug-likeness (QED) is 0.893. The van der Waals surface area contributed by atoms with Gasteiger partial charge in [0, 0.05) is 18.7 Å². The summed E-state index contributed by atoms with van der Waals surface area (Å²) in [6.07, 6.45) is 4.27. The molecule has 1 saturated heterocycles. The summed E-state index contributed by atoms with van der Waals surface area (Å²) in [4.78, 5) is 24.7. The van der Waals surface area contributed by atoms with Crippen LogP contribution in [-0.2, 0) is 0 Å². The molecule has 0 radical (unpaired) electrons. The summed E-state index contributed by atoms with van der Waals surface area (Å²) in [5, 5.41) is 9.86. The highest BCUT2D eigenvalue weighted by molar-refractivity contribution is 5.82. The van der Waals surface area contributed by atoms with Crippen molar-refractivity contribution in [2.24, 2.45) is 0 Å². The third-order valence-corrected chi connectivity index (χ3v) is 3.46. The number of nitrogens with zero attached hydrogens (tertiary/aromatic N) is 4. The van der Waals surface area contributed by atoms with Gasteiger partial charge in [-0.3, -0.25) is 4.98 Å². The van der Waals surface area contributed by atoms with Gasteiger partial charge in [0.1, 0.15) is 12.4 Å². The smallest absolute Gasteiger partial charge is 0.407 e. The number of carboxylic acid groups (broad SMARTS) is 1. The lowest BCUT2D eigenvalue weighted by Crippen LogP contribution is -2.33. The second-order valence-corrected chi connectivity index (χ2v) is 4.83. The van der Waals surface area contributed by atoms with Gasteiger partial charge in [-0.25, -0.2) is 14.8 Å². The van der Waals surface area contributed by atoms with E-state index < -0.39 is 6.09 Å². The Morgan fingerprint density at radius 1 is 1.50 bits per heavy atom. The normalized spacial score (nSPS) is 22.1. The van der Waals surface area contributed by atoms with Crippen molar-refractivity contribution < 1.29 is 14.6 Å². The van der Waals surface area contributed by atoms with Crippen LogP contribution < -0.4 is 4.74 Å². The summed E-state index contributed by atoms with van der Waals surface area (Å²) in [5.74, 6) is 0.474. The van der Waals surface area contributed by atoms with Crippen molar-refractivity contribution in [1.82, 2.24) is 19.9 Å². The van der Waals surface area contributed by atoms with Crippen LogP contribution >= 0.6 is 0 Å². The van der Waals surface area contributed by atoms with Gasteiger partial charge in [-0.15, -0.1) is 0 Å². The van der Waals surface area contributed by atoms with E-state index in [2.05, 4.69) is 15.0 Å². The molecule has 0 spiro atoms. The van der Waals surface area contributed by atoms with Gasteiger partial charge >= 0.3 is 6.09 Å². The first-order valence-electron chi connectivity index (χ1n) is 6.36. The first-order valence-corrected chi connectivity index (χ1v) is 6.36. The Bertz CT molecular complexity index is 643. The Kier molecular flexibility index (Phi) is 3.09. The van der Waals surface area contributed by atoms with E-state index in [1.807, 2.05) is 6.92 Å². The van der Waals surface area contributed by atoms with Gasteiger partial charge < -0.3 is 14.7 Å². The molecule has 2 aromatic heterocycles. The first-order chi connectivity index (χ1) is 9.65. The predicted molar refractivity (Wildman–Crippen MR) is 70.6 cm³/mol. The minimum atomic E-state index is -0.916. The zero-order chi connectivity index (χ0) is 14.1. The number of amides is 1. The predicted octanol–water partition coefficient (Wildman–Crippen LogP) is 1.54. The van der Waals surface area contributed by atoms with E-state index in [0.717, 1.165) is 5.39 Å². The molecule has 1 fully saturated rings. The molecule has 20 heavy (non-hydrogen) atoms. The number of likely N-dealkylation sites (tertiary alicyclic amines) is 1. The maximum absolute atomic E-state index is 11.1. The Labute approximate surface area is 115 Å². The minimum absolute atomic E-state index is 0.0488. The maximum Gasteiger partial charge on any atom is 0.407 e. The molecule has 1 aliphatic rings. The van der Waals surface area contributed by atoms with Gasteiger partial charge in [0.15, 0.2) is 0 Å². The third-order valence-electron chi connectivity index (χ3n) is 3.46. The van der Waals surface area contributed by atoms with E-state index in [1.54, 1.807) is 18.5 Å². The fraction of sp³-hybridized carbons (Fsp3) is 0.385. The molecule has 1 amide bonds. The number of aromatic nitrogens is 3. The number of ether oxygens (including phenoxy) is 1. The van der Waals surface area contributed by atoms with Crippen LogP contribution in [0.3, 0.4) is 0 Å². The van der Waals surface area contributed by atoms with Crippen LogP contribution in [0.4, 0.5) is 4.79 Å². The highest BCUT2D eigenvalue weighted by Gasteiger charge is 2.34. The van der Waals surface area contributed by atoms with Crippen molar-refractivity contribution in [3.05, 3.63) is 24.8 Å². The average molecular weight is 274 g/mol. The van der Waals surface area contributed by atoms with E-state index in [4.69, 9.17) is 9.84 Å². The van der Waals surface area contributed by atoms with E-state index in [0.29, 0.717) is 24.4 Å². The fourth-order valence-electron chi connectivity index (χ4n) is 2.47. The lowest BCUT2D eigenvalue weighted by molar-refractivity contribution is 0.136. The van der Waals surface area contributed by atoms with Crippen molar-refractivity contribution >= 4 is 17.0 Å². The van der Waals surface area contributed by atoms with E-state index >= 15 is 0 Å². The second-order valence-electron chi connectivity index (χ2n) is 4.83. The van der Waals surface area contributed by atoms with Crippen LogP contribution in [0.15, 0.2) is 24.8 Å². The molecule has 104 valence electrons. The number of pyridine rings is 1. The molecule has 0 unspecified atom stereocenters. The van der Waals surface area contributed by atoms with E-state index in [9.17, 15) is 4.79 Å². The number of carbonyl (C=O) groups is 1. The minimum Gasteiger partial charge on any atom is -0.472 e. The number of fused-ring (bicyclic) bond motifs is 1. The van der Waals surface area contributed by atoms with Crippen molar-refractivity contribution in [3.63, 3.8) is 0 Å². The van der Waals surface area contributed by atoms with Gasteiger partial charge in [0.2, 0.25) is 5.88 Å². The Morgan fingerprint density at radius 2 is 2.35 bits per heavy atom. The van der Waals surface area contributed by atoms with Crippen LogP contribution in [-0.4, -0.2) is 49.7 Å². The Hall–Kier alpha value is -2.44. The summed E-state index contributed by atoms with van der Waals surface area (Å²) in [6, 6.07) is 1.74. The Balaban J connectivity index is 1.82. The number of hydrogen-bond acceptors (Lipinski definition) is 5. The van der Waals surface area contributed by atoms with E-state index in [-0.39, 0.29) is 12.1 Å². The van der Waals surface area contributed by atoms with Crippen molar-refractivity contribution in [2.45, 2.75) is 25.5 Å². The van der Waals surface area contributed by atoms with Gasteiger partial charge in [-0.2, -0.15) is 0 Å². The van der Waals surface area contributed by atoms with Crippen LogP contribution in [0.25, 0.3) is 10.9 Å². The molecule has 7 nitrogen and oxygen atoms in total. The molecular weight excluding hydrogens is 260 g/mol. The molecular formula is C13H14N4O3. The lowest BCUT2D eigenvalue weighted by Gasteiger charge is -2.16. The largest absolute Gasteiger partial charge is 0.472 e. The molecule has 0 bridgehead atoms. The van der Waals surface area contributed by atoms with Gasteiger partial charge in [-0.05, 0) is 13.0 Å². The molecule has 7 heteroatoms. The monoisotopic (exact) mass is 274 g/mol. The number of hydrogen-bond donors (Lipinski definition) is 1. The molecule has 3 rings (SSSR count). The zero-order valence-corrected chi connectivity index (χ0v) is 10.9. The molecule has 0 saturated carbocycles. The van der Waals surface area contributed by atoms with Gasteiger partial charge in [-0.1, -0.05) is 0 Å². The maximum atomic E-state index is 11.1. The summed E-state index contributed by atoms with van der Waals surface area (Å²) in [5.41, 5.74) is 0.707. The van der Waals surface area contributed by atoms with Crippen LogP contribution in [0.1, 0.15) is 13.3 Å². The van der Waals surface area contributed by atoms with E-state index in [1.165, 1.54) is 11.2 Å². The zero-order valence-electron chi connectivity index (χ0n) is 10.9. The van der Waals surface area contributed by atoms with Gasteiger partial charge in [0.25, 0.3) is 0 Å². The SMILES string of the molecule is C[C@H]1C[C@@H](Oc2ncnc3cnccc23)CN1C(=O)O. The molecule has 2 atom stereocenters. The third kappa shape index (κ3) is 2.22. The first kappa shape index (κ1) is 12.6. The fourth-order valence-corrected chi connectivity index (χ4v) is 2.47. The topological polar surface area (TPSA) is 88.4 Å². The highest BCUT2D eigenvalue weighted by Crippen LogP contribution is 2.25. The highest BCUT2D eigenvalue weighted by atomic mass is 16.5. The van der Waals surface area contributed by atoms with Crippen LogP contribution in [0.2, 0.25) is 0 Å². The average Bonchev–Trinajstić information content (AvgIpc) is 2.80. The molecule has 2 aromatic rings. The molecule has 0 aromatic carbocycles. The van der Waals surface area contributed by atoms with Crippen molar-refractivity contribution in [1.29, 1.82) is 0 Å². The molecule has 1 N–H and O–H groups in total. The summed E-state index contributed by atoms with van der Waals surface area (Å²) < 4.78 is 5.86. The van der Waals surface area contributed by atoms with Crippen molar-refractivity contribution in [2.75, 3.05) is 6.54 Å². The second kappa shape index (κ2) is 4.92. The standard InChI is InChI=1S/C13H14N4O3/c1-8-4-9(6-17(8)13(18)19)20-12-10-2-3-14-5-11(10)15-7-16-12/h2-3,5,7-9H,4,6H2,1H3,(H,18,19)/t8-,9+/m0/s1. The molecule has 0 aliphatic carbocycles. The summed E-state index contributed by atoms with van der Waals surface area (Å²) >= 11 is 0. The molecule has 3 heterocycles. The summed E-state index contributed by atoms with van der Waals surface area (Å²) in [6.45, 7) is 2.23. The summed E-state index contributed by atoms with van der Waals surface area (Å²) in [7, 11) is 0.